The third-order valence-electron chi connectivity index (χ3n) is 5.00. The molecule has 1 amide bonds. The van der Waals surface area contributed by atoms with Crippen LogP contribution in [-0.4, -0.2) is 48.8 Å². The molecule has 22 heavy (non-hydrogen) atoms. The van der Waals surface area contributed by atoms with Crippen molar-refractivity contribution in [2.45, 2.75) is 43.8 Å². The van der Waals surface area contributed by atoms with Crippen molar-refractivity contribution in [3.05, 3.63) is 24.2 Å². The first-order chi connectivity index (χ1) is 10.7. The van der Waals surface area contributed by atoms with Gasteiger partial charge in [0.1, 0.15) is 0 Å². The lowest BCUT2D eigenvalue weighted by Gasteiger charge is -2.39. The van der Waals surface area contributed by atoms with Crippen molar-refractivity contribution in [2.24, 2.45) is 5.92 Å². The van der Waals surface area contributed by atoms with Crippen LogP contribution in [0.5, 0.6) is 0 Å². The van der Waals surface area contributed by atoms with Crippen molar-refractivity contribution in [3.63, 3.8) is 0 Å². The number of carbonyl (C=O) groups is 1. The van der Waals surface area contributed by atoms with Crippen molar-refractivity contribution in [1.29, 1.82) is 0 Å². The number of ether oxygens (including phenoxy) is 2. The Labute approximate surface area is 130 Å². The van der Waals surface area contributed by atoms with Crippen LogP contribution in [-0.2, 0) is 9.47 Å². The Hall–Kier alpha value is -1.33. The Balaban J connectivity index is 1.37. The molecule has 2 aliphatic heterocycles. The minimum absolute atomic E-state index is 0.0324. The Bertz CT molecular complexity index is 525. The van der Waals surface area contributed by atoms with Gasteiger partial charge in [0.05, 0.1) is 31.1 Å². The number of hydrogen-bond donors (Lipinski definition) is 0. The molecule has 2 atom stereocenters. The third-order valence-corrected chi connectivity index (χ3v) is 5.00. The zero-order valence-electron chi connectivity index (χ0n) is 12.8. The van der Waals surface area contributed by atoms with E-state index in [0.29, 0.717) is 18.9 Å². The van der Waals surface area contributed by atoms with Crippen LogP contribution >= 0.6 is 0 Å². The molecule has 0 unspecified atom stereocenters. The molecule has 0 bridgehead atoms. The number of carbonyl (C=O) groups excluding carboxylic acids is 1. The van der Waals surface area contributed by atoms with Gasteiger partial charge in [-0.15, -0.1) is 0 Å². The molecule has 1 aromatic rings. The zero-order valence-corrected chi connectivity index (χ0v) is 12.8. The Kier molecular flexibility index (Phi) is 3.70. The van der Waals surface area contributed by atoms with E-state index in [1.165, 1.54) is 12.8 Å². The monoisotopic (exact) mass is 305 g/mol. The lowest BCUT2D eigenvalue weighted by Crippen LogP contribution is -2.50. The van der Waals surface area contributed by atoms with Gasteiger partial charge in [-0.25, -0.2) is 0 Å². The van der Waals surface area contributed by atoms with Crippen LogP contribution < -0.4 is 0 Å². The number of furan rings is 1. The Morgan fingerprint density at radius 3 is 3.14 bits per heavy atom. The molecule has 5 heteroatoms. The predicted molar refractivity (Wildman–Crippen MR) is 79.6 cm³/mol. The molecule has 3 fully saturated rings. The van der Waals surface area contributed by atoms with Crippen molar-refractivity contribution in [1.82, 2.24) is 4.90 Å². The maximum atomic E-state index is 12.5. The molecule has 1 saturated carbocycles. The molecule has 2 saturated heterocycles. The molecule has 3 aliphatic rings. The maximum Gasteiger partial charge on any atom is 0.289 e. The summed E-state index contributed by atoms with van der Waals surface area (Å²) in [5, 5.41) is 0. The first kappa shape index (κ1) is 14.3. The highest BCUT2D eigenvalue weighted by Gasteiger charge is 2.45. The summed E-state index contributed by atoms with van der Waals surface area (Å²) in [6.45, 7) is 2.96. The van der Waals surface area contributed by atoms with E-state index in [0.717, 1.165) is 38.3 Å². The summed E-state index contributed by atoms with van der Waals surface area (Å²) < 4.78 is 17.3. The highest BCUT2D eigenvalue weighted by atomic mass is 16.6. The molecule has 0 N–H and O–H groups in total. The summed E-state index contributed by atoms with van der Waals surface area (Å²) in [5.74, 6) is 1.16. The highest BCUT2D eigenvalue weighted by Crippen LogP contribution is 2.37. The van der Waals surface area contributed by atoms with Gasteiger partial charge in [-0.2, -0.15) is 0 Å². The second-order valence-electron chi connectivity index (χ2n) is 6.90. The van der Waals surface area contributed by atoms with Gasteiger partial charge in [-0.3, -0.25) is 4.79 Å². The van der Waals surface area contributed by atoms with Gasteiger partial charge < -0.3 is 18.8 Å². The largest absolute Gasteiger partial charge is 0.459 e. The molecule has 1 aliphatic carbocycles. The summed E-state index contributed by atoms with van der Waals surface area (Å²) >= 11 is 0. The van der Waals surface area contributed by atoms with Crippen molar-refractivity contribution < 1.29 is 18.7 Å². The number of likely N-dealkylation sites (tertiary alicyclic amines) is 1. The van der Waals surface area contributed by atoms with Crippen molar-refractivity contribution in [3.8, 4) is 0 Å². The van der Waals surface area contributed by atoms with Gasteiger partial charge in [0.25, 0.3) is 5.91 Å². The minimum atomic E-state index is -0.214. The third kappa shape index (κ3) is 2.92. The van der Waals surface area contributed by atoms with Gasteiger partial charge in [-0.1, -0.05) is 0 Å². The number of hydrogen-bond acceptors (Lipinski definition) is 4. The Morgan fingerprint density at radius 2 is 2.36 bits per heavy atom. The molecular weight excluding hydrogens is 282 g/mol. The molecule has 1 spiro atoms. The normalized spacial score (nSPS) is 31.8. The standard InChI is InChI=1S/C17H23NO4/c19-16(15-3-1-8-20-15)18-7-2-6-17(12-18)9-14(11-22-17)21-10-13-4-5-13/h1,3,8,13-14H,2,4-7,9-12H2/t14-,17+/m1/s1. The molecule has 120 valence electrons. The number of piperidine rings is 1. The van der Waals surface area contributed by atoms with Crippen LogP contribution in [0.25, 0.3) is 0 Å². The smallest absolute Gasteiger partial charge is 0.289 e. The lowest BCUT2D eigenvalue weighted by atomic mass is 9.89. The van der Waals surface area contributed by atoms with Crippen molar-refractivity contribution in [2.75, 3.05) is 26.3 Å². The maximum absolute atomic E-state index is 12.5. The lowest BCUT2D eigenvalue weighted by molar-refractivity contribution is -0.0470. The molecule has 1 aromatic heterocycles. The van der Waals surface area contributed by atoms with E-state index >= 15 is 0 Å². The van der Waals surface area contributed by atoms with Gasteiger partial charge in [-0.05, 0) is 43.7 Å². The second kappa shape index (κ2) is 5.70. The molecule has 0 aromatic carbocycles. The number of amides is 1. The van der Waals surface area contributed by atoms with E-state index in [-0.39, 0.29) is 17.6 Å². The summed E-state index contributed by atoms with van der Waals surface area (Å²) in [5.41, 5.74) is -0.214. The average Bonchev–Trinajstić information content (AvgIpc) is 3.05. The van der Waals surface area contributed by atoms with Crippen LogP contribution in [0.15, 0.2) is 22.8 Å². The van der Waals surface area contributed by atoms with Crippen molar-refractivity contribution >= 4 is 5.91 Å². The van der Waals surface area contributed by atoms with Crippen LogP contribution in [0.2, 0.25) is 0 Å². The van der Waals surface area contributed by atoms with E-state index in [2.05, 4.69) is 0 Å². The van der Waals surface area contributed by atoms with Crippen LogP contribution in [0.4, 0.5) is 0 Å². The predicted octanol–water partition coefficient (Wildman–Crippen LogP) is 2.47. The summed E-state index contributed by atoms with van der Waals surface area (Å²) in [7, 11) is 0. The topological polar surface area (TPSA) is 51.9 Å². The van der Waals surface area contributed by atoms with Gasteiger partial charge in [0.15, 0.2) is 5.76 Å². The fourth-order valence-corrected chi connectivity index (χ4v) is 3.58. The summed E-state index contributed by atoms with van der Waals surface area (Å²) in [6, 6.07) is 3.47. The molecule has 5 nitrogen and oxygen atoms in total. The van der Waals surface area contributed by atoms with E-state index in [4.69, 9.17) is 13.9 Å². The highest BCUT2D eigenvalue weighted by molar-refractivity contribution is 5.91. The first-order valence-corrected chi connectivity index (χ1v) is 8.32. The number of rotatable bonds is 4. The fourth-order valence-electron chi connectivity index (χ4n) is 3.58. The fraction of sp³-hybridized carbons (Fsp3) is 0.706. The number of nitrogens with zero attached hydrogens (tertiary/aromatic N) is 1. The summed E-state index contributed by atoms with van der Waals surface area (Å²) in [4.78, 5) is 14.3. The quantitative estimate of drug-likeness (QED) is 0.857. The van der Waals surface area contributed by atoms with Gasteiger partial charge in [0.2, 0.25) is 0 Å². The van der Waals surface area contributed by atoms with Crippen LogP contribution in [0.3, 0.4) is 0 Å². The first-order valence-electron chi connectivity index (χ1n) is 8.32. The van der Waals surface area contributed by atoms with Gasteiger partial charge >= 0.3 is 0 Å². The van der Waals surface area contributed by atoms with E-state index in [1.807, 2.05) is 4.90 Å². The van der Waals surface area contributed by atoms with E-state index in [9.17, 15) is 4.79 Å². The second-order valence-corrected chi connectivity index (χ2v) is 6.90. The molecular formula is C17H23NO4. The minimum Gasteiger partial charge on any atom is -0.459 e. The van der Waals surface area contributed by atoms with Crippen LogP contribution in [0.1, 0.15) is 42.7 Å². The SMILES string of the molecule is O=C(c1ccco1)N1CCC[C@]2(C[C@@H](OCC3CC3)CO2)C1. The molecule has 3 heterocycles. The average molecular weight is 305 g/mol. The Morgan fingerprint density at radius 1 is 1.45 bits per heavy atom. The summed E-state index contributed by atoms with van der Waals surface area (Å²) in [6.07, 6.45) is 7.25. The molecule has 0 radical (unpaired) electrons. The molecule has 4 rings (SSSR count). The zero-order chi connectivity index (χ0) is 15.0. The van der Waals surface area contributed by atoms with Gasteiger partial charge in [0, 0.05) is 19.6 Å². The van der Waals surface area contributed by atoms with E-state index < -0.39 is 0 Å². The van der Waals surface area contributed by atoms with Crippen LogP contribution in [0, 0.1) is 5.92 Å². The van der Waals surface area contributed by atoms with E-state index in [1.54, 1.807) is 18.4 Å².